The minimum Gasteiger partial charge on any atom is -0.241 e. The minimum atomic E-state index is -4.21. The topological polar surface area (TPSA) is 17.8 Å². The fraction of sp³-hybridized carbons (Fsp3) is 0.357. The highest BCUT2D eigenvalue weighted by atomic mass is 19.4. The lowest BCUT2D eigenvalue weighted by Crippen LogP contribution is -2.29. The molecule has 1 aliphatic rings. The average Bonchev–Trinajstić information content (AvgIpc) is 3.03. The molecule has 1 aromatic heterocycles. The van der Waals surface area contributed by atoms with Crippen LogP contribution in [0.25, 0.3) is 5.69 Å². The van der Waals surface area contributed by atoms with Gasteiger partial charge in [-0.05, 0) is 38.0 Å². The van der Waals surface area contributed by atoms with Gasteiger partial charge < -0.3 is 0 Å². The largest absolute Gasteiger partial charge is 0.400 e. The smallest absolute Gasteiger partial charge is 0.241 e. The molecule has 1 aromatic carbocycles. The molecule has 1 heterocycles. The Morgan fingerprint density at radius 3 is 2.26 bits per heavy atom. The Labute approximate surface area is 108 Å². The average molecular weight is 266 g/mol. The first-order chi connectivity index (χ1) is 8.92. The van der Waals surface area contributed by atoms with Gasteiger partial charge in [-0.25, -0.2) is 4.68 Å². The SMILES string of the molecule is Cc1ccc(-n2ccc(C3(C(F)(F)F)CC3)n2)cc1. The number of hydrogen-bond donors (Lipinski definition) is 0. The second-order valence-electron chi connectivity index (χ2n) is 5.06. The van der Waals surface area contributed by atoms with Crippen molar-refractivity contribution in [2.24, 2.45) is 0 Å². The molecule has 0 atom stereocenters. The molecule has 0 saturated heterocycles. The van der Waals surface area contributed by atoms with E-state index in [1.807, 2.05) is 31.2 Å². The molecule has 1 saturated carbocycles. The maximum atomic E-state index is 13.0. The monoisotopic (exact) mass is 266 g/mol. The standard InChI is InChI=1S/C14H13F3N2/c1-10-2-4-11(5-3-10)19-9-6-12(18-19)13(7-8-13)14(15,16)17/h2-6,9H,7-8H2,1H3. The number of aryl methyl sites for hydroxylation is 1. The molecule has 3 rings (SSSR count). The van der Waals surface area contributed by atoms with Gasteiger partial charge in [-0.15, -0.1) is 0 Å². The lowest BCUT2D eigenvalue weighted by molar-refractivity contribution is -0.161. The van der Waals surface area contributed by atoms with Gasteiger partial charge in [0.25, 0.3) is 0 Å². The third-order valence-corrected chi connectivity index (χ3v) is 3.67. The summed E-state index contributed by atoms with van der Waals surface area (Å²) in [6.07, 6.45) is -2.34. The van der Waals surface area contributed by atoms with E-state index >= 15 is 0 Å². The van der Waals surface area contributed by atoms with Crippen LogP contribution in [0.15, 0.2) is 36.5 Å². The van der Waals surface area contributed by atoms with Crippen LogP contribution in [-0.4, -0.2) is 16.0 Å². The Morgan fingerprint density at radius 2 is 1.74 bits per heavy atom. The van der Waals surface area contributed by atoms with E-state index in [0.29, 0.717) is 0 Å². The van der Waals surface area contributed by atoms with Crippen molar-refractivity contribution in [1.82, 2.24) is 9.78 Å². The van der Waals surface area contributed by atoms with Gasteiger partial charge in [-0.1, -0.05) is 17.7 Å². The van der Waals surface area contributed by atoms with Crippen LogP contribution in [0.4, 0.5) is 13.2 Å². The molecule has 1 aliphatic carbocycles. The van der Waals surface area contributed by atoms with E-state index in [2.05, 4.69) is 5.10 Å². The van der Waals surface area contributed by atoms with Gasteiger partial charge >= 0.3 is 6.18 Å². The molecular formula is C14H13F3N2. The quantitative estimate of drug-likeness (QED) is 0.809. The molecule has 0 N–H and O–H groups in total. The maximum Gasteiger partial charge on any atom is 0.400 e. The Kier molecular flexibility index (Phi) is 2.49. The lowest BCUT2D eigenvalue weighted by atomic mass is 10.0. The number of benzene rings is 1. The molecule has 0 aliphatic heterocycles. The first kappa shape index (κ1) is 12.3. The zero-order valence-corrected chi connectivity index (χ0v) is 10.4. The summed E-state index contributed by atoms with van der Waals surface area (Å²) >= 11 is 0. The normalized spacial score (nSPS) is 17.5. The van der Waals surface area contributed by atoms with Crippen molar-refractivity contribution in [3.8, 4) is 5.69 Å². The predicted molar refractivity (Wildman–Crippen MR) is 65.3 cm³/mol. The van der Waals surface area contributed by atoms with Crippen LogP contribution in [0.2, 0.25) is 0 Å². The Balaban J connectivity index is 1.94. The van der Waals surface area contributed by atoms with Crippen molar-refractivity contribution in [1.29, 1.82) is 0 Å². The van der Waals surface area contributed by atoms with E-state index in [-0.39, 0.29) is 18.5 Å². The second kappa shape index (κ2) is 3.85. The zero-order chi connectivity index (χ0) is 13.7. The zero-order valence-electron chi connectivity index (χ0n) is 10.4. The fourth-order valence-electron chi connectivity index (χ4n) is 2.23. The van der Waals surface area contributed by atoms with Crippen LogP contribution in [0.5, 0.6) is 0 Å². The van der Waals surface area contributed by atoms with E-state index in [0.717, 1.165) is 11.3 Å². The van der Waals surface area contributed by atoms with Crippen LogP contribution in [-0.2, 0) is 5.41 Å². The third kappa shape index (κ3) is 1.93. The fourth-order valence-corrected chi connectivity index (χ4v) is 2.23. The molecule has 1 fully saturated rings. The summed E-state index contributed by atoms with van der Waals surface area (Å²) in [5.41, 5.74) is 0.295. The summed E-state index contributed by atoms with van der Waals surface area (Å²) < 4.78 is 40.5. The summed E-state index contributed by atoms with van der Waals surface area (Å²) in [6.45, 7) is 1.96. The first-order valence-corrected chi connectivity index (χ1v) is 6.12. The molecule has 0 unspecified atom stereocenters. The number of halogens is 3. The number of nitrogens with zero attached hydrogens (tertiary/aromatic N) is 2. The predicted octanol–water partition coefficient (Wildman–Crippen LogP) is 3.77. The van der Waals surface area contributed by atoms with Crippen molar-refractivity contribution in [3.05, 3.63) is 47.8 Å². The van der Waals surface area contributed by atoms with Gasteiger partial charge in [0, 0.05) is 6.20 Å². The van der Waals surface area contributed by atoms with Gasteiger partial charge in [0.1, 0.15) is 5.41 Å². The van der Waals surface area contributed by atoms with E-state index in [1.165, 1.54) is 10.7 Å². The van der Waals surface area contributed by atoms with Gasteiger partial charge in [-0.2, -0.15) is 18.3 Å². The van der Waals surface area contributed by atoms with Crippen LogP contribution in [0, 0.1) is 6.92 Å². The molecule has 2 aromatic rings. The van der Waals surface area contributed by atoms with Gasteiger partial charge in [-0.3, -0.25) is 0 Å². The van der Waals surface area contributed by atoms with Crippen molar-refractivity contribution < 1.29 is 13.2 Å². The Bertz CT molecular complexity index is 592. The summed E-state index contributed by atoms with van der Waals surface area (Å²) in [5, 5.41) is 4.11. The van der Waals surface area contributed by atoms with E-state index in [1.54, 1.807) is 6.20 Å². The van der Waals surface area contributed by atoms with Gasteiger partial charge in [0.05, 0.1) is 11.4 Å². The van der Waals surface area contributed by atoms with Crippen LogP contribution >= 0.6 is 0 Å². The highest BCUT2D eigenvalue weighted by Gasteiger charge is 2.65. The number of alkyl halides is 3. The molecule has 100 valence electrons. The molecular weight excluding hydrogens is 253 g/mol. The summed E-state index contributed by atoms with van der Waals surface area (Å²) in [7, 11) is 0. The van der Waals surface area contributed by atoms with E-state index in [9.17, 15) is 13.2 Å². The van der Waals surface area contributed by atoms with Crippen LogP contribution < -0.4 is 0 Å². The summed E-state index contributed by atoms with van der Waals surface area (Å²) in [6, 6.07) is 8.99. The number of hydrogen-bond acceptors (Lipinski definition) is 1. The molecule has 0 amide bonds. The van der Waals surface area contributed by atoms with Crippen molar-refractivity contribution in [3.63, 3.8) is 0 Å². The van der Waals surface area contributed by atoms with E-state index in [4.69, 9.17) is 0 Å². The van der Waals surface area contributed by atoms with Crippen molar-refractivity contribution >= 4 is 0 Å². The highest BCUT2D eigenvalue weighted by Crippen LogP contribution is 2.58. The Hall–Kier alpha value is -1.78. The van der Waals surface area contributed by atoms with Crippen LogP contribution in [0.1, 0.15) is 24.1 Å². The third-order valence-electron chi connectivity index (χ3n) is 3.67. The number of rotatable bonds is 2. The number of aromatic nitrogens is 2. The molecule has 0 bridgehead atoms. The van der Waals surface area contributed by atoms with Crippen molar-refractivity contribution in [2.75, 3.05) is 0 Å². The highest BCUT2D eigenvalue weighted by molar-refractivity contribution is 5.35. The molecule has 5 heteroatoms. The van der Waals surface area contributed by atoms with E-state index < -0.39 is 11.6 Å². The van der Waals surface area contributed by atoms with Gasteiger partial charge in [0.15, 0.2) is 0 Å². The van der Waals surface area contributed by atoms with Gasteiger partial charge in [0.2, 0.25) is 0 Å². The van der Waals surface area contributed by atoms with Crippen molar-refractivity contribution in [2.45, 2.75) is 31.4 Å². The summed E-state index contributed by atoms with van der Waals surface area (Å²) in [5.74, 6) is 0. The second-order valence-corrected chi connectivity index (χ2v) is 5.06. The lowest BCUT2D eigenvalue weighted by Gasteiger charge is -2.16. The maximum absolute atomic E-state index is 13.0. The Morgan fingerprint density at radius 1 is 1.11 bits per heavy atom. The molecule has 0 radical (unpaired) electrons. The first-order valence-electron chi connectivity index (χ1n) is 6.12. The molecule has 2 nitrogen and oxygen atoms in total. The van der Waals surface area contributed by atoms with Crippen LogP contribution in [0.3, 0.4) is 0 Å². The summed E-state index contributed by atoms with van der Waals surface area (Å²) in [4.78, 5) is 0. The minimum absolute atomic E-state index is 0.126. The molecule has 19 heavy (non-hydrogen) atoms. The molecule has 0 spiro atoms.